The van der Waals surface area contributed by atoms with Gasteiger partial charge in [-0.1, -0.05) is 13.8 Å². The average Bonchev–Trinajstić information content (AvgIpc) is 2.17. The smallest absolute Gasteiger partial charge is 0.0464 e. The summed E-state index contributed by atoms with van der Waals surface area (Å²) < 4.78 is 0. The molecule has 0 saturated heterocycles. The first-order valence-corrected chi connectivity index (χ1v) is 6.78. The van der Waals surface area contributed by atoms with Gasteiger partial charge in [-0.05, 0) is 43.7 Å². The summed E-state index contributed by atoms with van der Waals surface area (Å²) >= 11 is 1.96. The predicted octanol–water partition coefficient (Wildman–Crippen LogP) is 2.13. The monoisotopic (exact) mass is 219 g/mol. The van der Waals surface area contributed by atoms with Gasteiger partial charge in [0.25, 0.3) is 0 Å². The molecule has 0 saturated carbocycles. The Morgan fingerprint density at radius 3 is 2.64 bits per heavy atom. The van der Waals surface area contributed by atoms with Crippen LogP contribution >= 0.6 is 11.8 Å². The van der Waals surface area contributed by atoms with E-state index in [9.17, 15) is 0 Å². The fraction of sp³-hybridized carbons (Fsp3) is 1.00. The van der Waals surface area contributed by atoms with Gasteiger partial charge in [0.2, 0.25) is 0 Å². The van der Waals surface area contributed by atoms with E-state index in [-0.39, 0.29) is 0 Å². The molecular weight excluding hydrogens is 194 g/mol. The van der Waals surface area contributed by atoms with Crippen molar-refractivity contribution in [1.29, 1.82) is 0 Å². The van der Waals surface area contributed by atoms with Crippen LogP contribution in [-0.4, -0.2) is 35.8 Å². The maximum absolute atomic E-state index is 8.83. The Bertz CT molecular complexity index is 122. The van der Waals surface area contributed by atoms with Crippen LogP contribution in [0, 0.1) is 5.92 Å². The molecule has 2 nitrogen and oxygen atoms in total. The first kappa shape index (κ1) is 14.3. The van der Waals surface area contributed by atoms with Crippen molar-refractivity contribution in [3.05, 3.63) is 0 Å². The van der Waals surface area contributed by atoms with Crippen LogP contribution in [0.15, 0.2) is 0 Å². The van der Waals surface area contributed by atoms with Crippen molar-refractivity contribution in [2.75, 3.05) is 24.7 Å². The van der Waals surface area contributed by atoms with Crippen molar-refractivity contribution in [2.24, 2.45) is 5.92 Å². The average molecular weight is 219 g/mol. The molecule has 0 radical (unpaired) electrons. The lowest BCUT2D eigenvalue weighted by Gasteiger charge is -2.12. The minimum Gasteiger partial charge on any atom is -0.396 e. The molecule has 2 atom stereocenters. The molecule has 0 heterocycles. The molecule has 0 aliphatic rings. The second kappa shape index (κ2) is 9.81. The van der Waals surface area contributed by atoms with E-state index in [4.69, 9.17) is 5.11 Å². The van der Waals surface area contributed by atoms with Crippen molar-refractivity contribution < 1.29 is 5.11 Å². The molecule has 86 valence electrons. The Morgan fingerprint density at radius 1 is 1.36 bits per heavy atom. The molecule has 0 fully saturated rings. The SMILES string of the molecule is CCNC(C)CCCSCC(C)CO. The van der Waals surface area contributed by atoms with Crippen molar-refractivity contribution in [2.45, 2.75) is 39.7 Å². The highest BCUT2D eigenvalue weighted by Crippen LogP contribution is 2.10. The number of hydrogen-bond donors (Lipinski definition) is 2. The third-order valence-electron chi connectivity index (χ3n) is 2.19. The molecule has 0 aliphatic heterocycles. The molecule has 0 aliphatic carbocycles. The second-order valence-corrected chi connectivity index (χ2v) is 5.11. The van der Waals surface area contributed by atoms with Gasteiger partial charge in [-0.2, -0.15) is 11.8 Å². The van der Waals surface area contributed by atoms with Gasteiger partial charge in [-0.3, -0.25) is 0 Å². The lowest BCUT2D eigenvalue weighted by molar-refractivity contribution is 0.250. The summed E-state index contributed by atoms with van der Waals surface area (Å²) in [4.78, 5) is 0. The van der Waals surface area contributed by atoms with E-state index in [2.05, 4.69) is 26.1 Å². The van der Waals surface area contributed by atoms with Gasteiger partial charge in [0.15, 0.2) is 0 Å². The van der Waals surface area contributed by atoms with Crippen LogP contribution in [0.25, 0.3) is 0 Å². The minimum atomic E-state index is 0.320. The number of rotatable bonds is 9. The maximum atomic E-state index is 8.83. The van der Waals surface area contributed by atoms with E-state index in [0.29, 0.717) is 18.6 Å². The number of aliphatic hydroxyl groups is 1. The summed E-state index contributed by atoms with van der Waals surface area (Å²) in [5.74, 6) is 2.76. The zero-order chi connectivity index (χ0) is 10.8. The van der Waals surface area contributed by atoms with Gasteiger partial charge in [-0.25, -0.2) is 0 Å². The van der Waals surface area contributed by atoms with Crippen LogP contribution in [-0.2, 0) is 0 Å². The van der Waals surface area contributed by atoms with Crippen LogP contribution < -0.4 is 5.32 Å². The molecule has 0 bridgehead atoms. The topological polar surface area (TPSA) is 32.3 Å². The quantitative estimate of drug-likeness (QED) is 0.583. The van der Waals surface area contributed by atoms with E-state index < -0.39 is 0 Å². The summed E-state index contributed by atoms with van der Waals surface area (Å²) in [6, 6.07) is 0.649. The van der Waals surface area contributed by atoms with Crippen molar-refractivity contribution in [3.8, 4) is 0 Å². The first-order valence-electron chi connectivity index (χ1n) is 5.62. The van der Waals surface area contributed by atoms with Crippen molar-refractivity contribution in [1.82, 2.24) is 5.32 Å². The van der Waals surface area contributed by atoms with Crippen LogP contribution in [0.1, 0.15) is 33.6 Å². The Kier molecular flexibility index (Phi) is 10.0. The molecule has 3 heteroatoms. The van der Waals surface area contributed by atoms with E-state index in [1.165, 1.54) is 18.6 Å². The lowest BCUT2D eigenvalue weighted by atomic mass is 10.2. The zero-order valence-electron chi connectivity index (χ0n) is 9.75. The summed E-state index contributed by atoms with van der Waals surface area (Å²) in [6.45, 7) is 7.86. The number of hydrogen-bond acceptors (Lipinski definition) is 3. The van der Waals surface area contributed by atoms with Gasteiger partial charge in [0.1, 0.15) is 0 Å². The summed E-state index contributed by atoms with van der Waals surface area (Å²) in [5, 5.41) is 12.2. The van der Waals surface area contributed by atoms with Gasteiger partial charge >= 0.3 is 0 Å². The molecule has 2 N–H and O–H groups in total. The van der Waals surface area contributed by atoms with E-state index in [1.54, 1.807) is 0 Å². The van der Waals surface area contributed by atoms with Crippen LogP contribution in [0.5, 0.6) is 0 Å². The molecule has 0 rings (SSSR count). The molecule has 0 aromatic carbocycles. The highest BCUT2D eigenvalue weighted by atomic mass is 32.2. The third kappa shape index (κ3) is 8.85. The van der Waals surface area contributed by atoms with Gasteiger partial charge in [0.05, 0.1) is 0 Å². The summed E-state index contributed by atoms with van der Waals surface area (Å²) in [7, 11) is 0. The molecule has 14 heavy (non-hydrogen) atoms. The Morgan fingerprint density at radius 2 is 2.07 bits per heavy atom. The minimum absolute atomic E-state index is 0.320. The second-order valence-electron chi connectivity index (χ2n) is 3.96. The Labute approximate surface area is 92.9 Å². The molecule has 0 aromatic rings. The summed E-state index contributed by atoms with van der Waals surface area (Å²) in [5.41, 5.74) is 0. The van der Waals surface area contributed by atoms with Gasteiger partial charge in [0, 0.05) is 12.6 Å². The molecule has 0 aromatic heterocycles. The van der Waals surface area contributed by atoms with Gasteiger partial charge < -0.3 is 10.4 Å². The maximum Gasteiger partial charge on any atom is 0.0464 e. The number of aliphatic hydroxyl groups excluding tert-OH is 1. The highest BCUT2D eigenvalue weighted by molar-refractivity contribution is 7.99. The Balaban J connectivity index is 3.13. The lowest BCUT2D eigenvalue weighted by Crippen LogP contribution is -2.25. The molecule has 0 spiro atoms. The van der Waals surface area contributed by atoms with Crippen molar-refractivity contribution in [3.63, 3.8) is 0 Å². The third-order valence-corrected chi connectivity index (χ3v) is 3.57. The van der Waals surface area contributed by atoms with Crippen LogP contribution in [0.3, 0.4) is 0 Å². The predicted molar refractivity (Wildman–Crippen MR) is 65.9 cm³/mol. The fourth-order valence-corrected chi connectivity index (χ4v) is 2.32. The normalized spacial score (nSPS) is 15.4. The highest BCUT2D eigenvalue weighted by Gasteiger charge is 2.01. The first-order chi connectivity index (χ1) is 6.70. The largest absolute Gasteiger partial charge is 0.396 e. The van der Waals surface area contributed by atoms with Gasteiger partial charge in [-0.15, -0.1) is 0 Å². The molecule has 2 unspecified atom stereocenters. The van der Waals surface area contributed by atoms with Crippen molar-refractivity contribution >= 4 is 11.8 Å². The Hall–Kier alpha value is 0.270. The molecule has 0 amide bonds. The van der Waals surface area contributed by atoms with E-state index in [1.807, 2.05) is 11.8 Å². The van der Waals surface area contributed by atoms with Crippen LogP contribution in [0.2, 0.25) is 0 Å². The van der Waals surface area contributed by atoms with E-state index >= 15 is 0 Å². The number of nitrogens with one attached hydrogen (secondary N) is 1. The standard InChI is InChI=1S/C11H25NOS/c1-4-12-11(3)6-5-7-14-9-10(2)8-13/h10-13H,4-9H2,1-3H3. The zero-order valence-corrected chi connectivity index (χ0v) is 10.6. The summed E-state index contributed by atoms with van der Waals surface area (Å²) in [6.07, 6.45) is 2.53. The fourth-order valence-electron chi connectivity index (χ4n) is 1.28. The van der Waals surface area contributed by atoms with Crippen LogP contribution in [0.4, 0.5) is 0 Å². The molecular formula is C11H25NOS. The number of thioether (sulfide) groups is 1. The van der Waals surface area contributed by atoms with E-state index in [0.717, 1.165) is 12.3 Å².